The van der Waals surface area contributed by atoms with E-state index in [0.29, 0.717) is 29.3 Å². The monoisotopic (exact) mass is 576 g/mol. The topological polar surface area (TPSA) is 9.23 Å². The number of ether oxygens (including phenoxy) is 1. The lowest BCUT2D eigenvalue weighted by Gasteiger charge is -2.14. The minimum atomic E-state index is -1.98. The Kier molecular flexibility index (Phi) is 8.29. The van der Waals surface area contributed by atoms with Gasteiger partial charge in [-0.05, 0) is 36.4 Å². The summed E-state index contributed by atoms with van der Waals surface area (Å²) in [5.74, 6) is -14.8. The van der Waals surface area contributed by atoms with E-state index < -0.39 is 77.9 Å². The Morgan fingerprint density at radius 2 is 0.757 bits per heavy atom. The quantitative estimate of drug-likeness (QED) is 0.160. The van der Waals surface area contributed by atoms with Crippen molar-refractivity contribution >= 4 is 35.3 Å². The molecule has 0 spiro atoms. The largest absolute Gasteiger partial charge is 0.497 e. The first-order chi connectivity index (χ1) is 17.6. The van der Waals surface area contributed by atoms with Gasteiger partial charge >= 0.3 is 0 Å². The summed E-state index contributed by atoms with van der Waals surface area (Å²) >= 11 is 0.225. The lowest BCUT2D eigenvalue weighted by molar-refractivity contribution is 0.394. The number of hydrogen-bond acceptors (Lipinski definition) is 4. The summed E-state index contributed by atoms with van der Waals surface area (Å²) in [6.07, 6.45) is 0. The predicted octanol–water partition coefficient (Wildman–Crippen LogP) is 9.26. The maximum Gasteiger partial charge on any atom is 0.177 e. The van der Waals surface area contributed by atoms with Gasteiger partial charge in [0.05, 0.1) is 26.7 Å². The molecule has 0 saturated carbocycles. The molecule has 0 aliphatic carbocycles. The normalized spacial score (nSPS) is 11.2. The minimum absolute atomic E-state index is 0.200. The molecule has 37 heavy (non-hydrogen) atoms. The summed E-state index contributed by atoms with van der Waals surface area (Å²) in [5.41, 5.74) is 0. The van der Waals surface area contributed by atoms with Crippen LogP contribution in [0.2, 0.25) is 0 Å². The second-order valence-electron chi connectivity index (χ2n) is 7.12. The first-order valence-electron chi connectivity index (χ1n) is 10.1. The van der Waals surface area contributed by atoms with Crippen LogP contribution in [0, 0.1) is 46.5 Å². The van der Waals surface area contributed by atoms with Crippen molar-refractivity contribution in [2.45, 2.75) is 29.4 Å². The van der Waals surface area contributed by atoms with E-state index in [1.807, 2.05) is 0 Å². The summed E-state index contributed by atoms with van der Waals surface area (Å²) in [5, 5.41) is 0. The highest BCUT2D eigenvalue weighted by Gasteiger charge is 2.32. The second kappa shape index (κ2) is 11.3. The maximum atomic E-state index is 14.8. The average Bonchev–Trinajstić information content (AvgIpc) is 2.92. The highest BCUT2D eigenvalue weighted by molar-refractivity contribution is 8.00. The number of methoxy groups -OCH3 is 1. The van der Waals surface area contributed by atoms with Crippen LogP contribution in [0.15, 0.2) is 84.0 Å². The van der Waals surface area contributed by atoms with Crippen LogP contribution in [0.3, 0.4) is 0 Å². The first-order valence-corrected chi connectivity index (χ1v) is 12.5. The molecule has 0 heterocycles. The molecule has 0 fully saturated rings. The van der Waals surface area contributed by atoms with Crippen molar-refractivity contribution in [3.8, 4) is 5.75 Å². The molecule has 4 rings (SSSR count). The number of halogens is 8. The Balaban J connectivity index is 1.72. The predicted molar refractivity (Wildman–Crippen MR) is 124 cm³/mol. The van der Waals surface area contributed by atoms with Gasteiger partial charge in [-0.2, -0.15) is 0 Å². The van der Waals surface area contributed by atoms with Crippen LogP contribution in [0.25, 0.3) is 0 Å². The van der Waals surface area contributed by atoms with Gasteiger partial charge < -0.3 is 4.74 Å². The van der Waals surface area contributed by atoms with Gasteiger partial charge in [-0.15, -0.1) is 0 Å². The molecule has 0 aromatic heterocycles. The molecular formula is C25H12F8OS3. The van der Waals surface area contributed by atoms with Crippen molar-refractivity contribution < 1.29 is 39.9 Å². The fourth-order valence-corrected chi connectivity index (χ4v) is 5.69. The van der Waals surface area contributed by atoms with Crippen molar-refractivity contribution in [1.29, 1.82) is 0 Å². The van der Waals surface area contributed by atoms with Gasteiger partial charge in [0.25, 0.3) is 0 Å². The molecular weight excluding hydrogens is 564 g/mol. The molecule has 1 nitrogen and oxygen atoms in total. The molecule has 0 radical (unpaired) electrons. The van der Waals surface area contributed by atoms with Crippen LogP contribution >= 0.6 is 35.3 Å². The molecule has 0 saturated heterocycles. The van der Waals surface area contributed by atoms with E-state index in [4.69, 9.17) is 4.74 Å². The third kappa shape index (κ3) is 5.41. The molecule has 0 unspecified atom stereocenters. The van der Waals surface area contributed by atoms with E-state index >= 15 is 0 Å². The third-order valence-electron chi connectivity index (χ3n) is 4.81. The van der Waals surface area contributed by atoms with Crippen LogP contribution in [-0.4, -0.2) is 7.11 Å². The SMILES string of the molecule is COc1ccc(Sc2c(F)c(F)c(Sc3c(F)c(F)c(Sc4ccccc4)c(F)c3F)c(F)c2F)cc1. The summed E-state index contributed by atoms with van der Waals surface area (Å²) in [4.78, 5) is -4.64. The van der Waals surface area contributed by atoms with Gasteiger partial charge in [0, 0.05) is 9.79 Å². The lowest BCUT2D eigenvalue weighted by Crippen LogP contribution is -2.05. The summed E-state index contributed by atoms with van der Waals surface area (Å²) in [6.45, 7) is 0. The van der Waals surface area contributed by atoms with Gasteiger partial charge in [-0.3, -0.25) is 0 Å². The van der Waals surface area contributed by atoms with E-state index in [1.165, 1.54) is 55.6 Å². The number of rotatable bonds is 7. The van der Waals surface area contributed by atoms with Gasteiger partial charge in [0.2, 0.25) is 0 Å². The van der Waals surface area contributed by atoms with Crippen LogP contribution in [-0.2, 0) is 0 Å². The molecule has 0 bridgehead atoms. The zero-order valence-corrected chi connectivity index (χ0v) is 20.8. The van der Waals surface area contributed by atoms with Gasteiger partial charge in [-0.1, -0.05) is 53.5 Å². The van der Waals surface area contributed by atoms with Crippen molar-refractivity contribution in [2.75, 3.05) is 7.11 Å². The Labute approximate surface area is 218 Å². The second-order valence-corrected chi connectivity index (χ2v) is 10.3. The van der Waals surface area contributed by atoms with Crippen LogP contribution < -0.4 is 4.74 Å². The van der Waals surface area contributed by atoms with Crippen molar-refractivity contribution in [3.63, 3.8) is 0 Å². The fraction of sp³-hybridized carbons (Fsp3) is 0.0400. The van der Waals surface area contributed by atoms with E-state index in [1.54, 1.807) is 6.07 Å². The summed E-state index contributed by atoms with van der Waals surface area (Å²) in [7, 11) is 1.39. The Hall–Kier alpha value is -2.83. The van der Waals surface area contributed by atoms with E-state index in [-0.39, 0.29) is 9.79 Å². The van der Waals surface area contributed by atoms with Crippen molar-refractivity contribution in [1.82, 2.24) is 0 Å². The summed E-state index contributed by atoms with van der Waals surface area (Å²) < 4.78 is 123. The van der Waals surface area contributed by atoms with E-state index in [9.17, 15) is 35.1 Å². The minimum Gasteiger partial charge on any atom is -0.497 e. The molecule has 0 aliphatic rings. The molecule has 12 heteroatoms. The molecule has 0 aliphatic heterocycles. The van der Waals surface area contributed by atoms with Gasteiger partial charge in [0.1, 0.15) is 5.75 Å². The number of hydrogen-bond donors (Lipinski definition) is 0. The molecule has 4 aromatic carbocycles. The average molecular weight is 577 g/mol. The highest BCUT2D eigenvalue weighted by Crippen LogP contribution is 2.45. The van der Waals surface area contributed by atoms with E-state index in [0.717, 1.165) is 0 Å². The van der Waals surface area contributed by atoms with Crippen LogP contribution in [0.1, 0.15) is 0 Å². The molecule has 0 N–H and O–H groups in total. The maximum absolute atomic E-state index is 14.8. The molecule has 0 amide bonds. The number of benzene rings is 4. The molecule has 4 aromatic rings. The van der Waals surface area contributed by atoms with E-state index in [2.05, 4.69) is 0 Å². The molecule has 0 atom stereocenters. The molecule has 192 valence electrons. The van der Waals surface area contributed by atoms with Crippen molar-refractivity contribution in [3.05, 3.63) is 101 Å². The van der Waals surface area contributed by atoms with Crippen LogP contribution in [0.5, 0.6) is 5.75 Å². The Morgan fingerprint density at radius 1 is 0.432 bits per heavy atom. The lowest BCUT2D eigenvalue weighted by atomic mass is 10.3. The van der Waals surface area contributed by atoms with Crippen LogP contribution in [0.4, 0.5) is 35.1 Å². The standard InChI is InChI=1S/C25H12F8OS3/c1-34-11-7-9-13(10-8-11)36-23-16(28)20(32)25(21(33)17(23)29)37-24-18(30)14(26)22(15(27)19(24)31)35-12-5-3-2-4-6-12/h2-10H,1H3. The zero-order chi connectivity index (χ0) is 26.9. The Morgan fingerprint density at radius 3 is 1.11 bits per heavy atom. The highest BCUT2D eigenvalue weighted by atomic mass is 32.2. The third-order valence-corrected chi connectivity index (χ3v) is 8.08. The smallest absolute Gasteiger partial charge is 0.177 e. The summed E-state index contributed by atoms with van der Waals surface area (Å²) in [6, 6.07) is 13.2. The zero-order valence-electron chi connectivity index (χ0n) is 18.4. The van der Waals surface area contributed by atoms with Gasteiger partial charge in [0.15, 0.2) is 46.5 Å². The first kappa shape index (κ1) is 27.2. The van der Waals surface area contributed by atoms with Crippen molar-refractivity contribution in [2.24, 2.45) is 0 Å². The fourth-order valence-electron chi connectivity index (χ4n) is 3.01. The van der Waals surface area contributed by atoms with Gasteiger partial charge in [-0.25, -0.2) is 35.1 Å². The Bertz CT molecular complexity index is 1410.